The molecule has 0 heterocycles. The number of halogens is 2. The molecule has 4 rings (SSSR count). The number of benzene rings is 4. The Balaban J connectivity index is 0.00000256. The van der Waals surface area contributed by atoms with Crippen LogP contribution < -0.4 is 15.9 Å². The molecule has 30 heavy (non-hydrogen) atoms. The molecular formula is C27H26Br2P+. The van der Waals surface area contributed by atoms with Crippen LogP contribution in [0.4, 0.5) is 0 Å². The lowest BCUT2D eigenvalue weighted by Gasteiger charge is -2.28. The van der Waals surface area contributed by atoms with Gasteiger partial charge in [0.1, 0.15) is 23.2 Å². The van der Waals surface area contributed by atoms with E-state index < -0.39 is 7.26 Å². The molecule has 0 fully saturated rings. The summed E-state index contributed by atoms with van der Waals surface area (Å²) in [6, 6.07) is 42.3. The van der Waals surface area contributed by atoms with E-state index in [1.54, 1.807) is 0 Å². The van der Waals surface area contributed by atoms with Crippen molar-refractivity contribution in [2.24, 2.45) is 0 Å². The van der Waals surface area contributed by atoms with Crippen molar-refractivity contribution in [3.8, 4) is 0 Å². The summed E-state index contributed by atoms with van der Waals surface area (Å²) in [5.74, 6) is 0. The summed E-state index contributed by atoms with van der Waals surface area (Å²) >= 11 is 3.64. The Morgan fingerprint density at radius 3 is 1.27 bits per heavy atom. The number of hydrogen-bond donors (Lipinski definition) is 0. The monoisotopic (exact) mass is 539 g/mol. The molecule has 0 aromatic heterocycles. The maximum Gasteiger partial charge on any atom is 0.116 e. The van der Waals surface area contributed by atoms with E-state index in [0.717, 1.165) is 17.9 Å². The van der Waals surface area contributed by atoms with E-state index in [1.165, 1.54) is 27.0 Å². The summed E-state index contributed by atoms with van der Waals surface area (Å²) in [7, 11) is -1.84. The summed E-state index contributed by atoms with van der Waals surface area (Å²) in [4.78, 5) is 0. The maximum atomic E-state index is 3.64. The van der Waals surface area contributed by atoms with E-state index in [2.05, 4.69) is 131 Å². The fourth-order valence-electron chi connectivity index (χ4n) is 4.08. The Bertz CT molecular complexity index is 937. The number of rotatable bonds is 7. The van der Waals surface area contributed by atoms with Crippen LogP contribution in [0.3, 0.4) is 0 Å². The third kappa shape index (κ3) is 4.78. The summed E-state index contributed by atoms with van der Waals surface area (Å²) in [6.45, 7) is 0. The van der Waals surface area contributed by atoms with Gasteiger partial charge in [-0.25, -0.2) is 0 Å². The molecule has 0 nitrogen and oxygen atoms in total. The molecule has 0 radical (unpaired) electrons. The largest absolute Gasteiger partial charge is 0.116 e. The van der Waals surface area contributed by atoms with Crippen LogP contribution in [0, 0.1) is 0 Å². The molecule has 0 bridgehead atoms. The highest BCUT2D eigenvalue weighted by atomic mass is 79.9. The van der Waals surface area contributed by atoms with Crippen molar-refractivity contribution in [3.05, 3.63) is 126 Å². The molecule has 152 valence electrons. The molecule has 0 amide bonds. The van der Waals surface area contributed by atoms with Gasteiger partial charge in [-0.1, -0.05) is 94.8 Å². The molecule has 0 unspecified atom stereocenters. The average molecular weight is 541 g/mol. The summed E-state index contributed by atoms with van der Waals surface area (Å²) in [5.41, 5.74) is 2.90. The van der Waals surface area contributed by atoms with Gasteiger partial charge in [-0.05, 0) is 53.9 Å². The Morgan fingerprint density at radius 2 is 0.867 bits per heavy atom. The van der Waals surface area contributed by atoms with Crippen molar-refractivity contribution < 1.29 is 0 Å². The van der Waals surface area contributed by atoms with Gasteiger partial charge >= 0.3 is 0 Å². The quantitative estimate of drug-likeness (QED) is 0.181. The average Bonchev–Trinajstić information content (AvgIpc) is 2.80. The zero-order chi connectivity index (χ0) is 19.9. The fraction of sp³-hybridized carbons (Fsp3) is 0.111. The minimum absolute atomic E-state index is 0. The molecule has 4 aromatic rings. The molecule has 0 spiro atoms. The van der Waals surface area contributed by atoms with E-state index in [1.807, 2.05) is 0 Å². The first-order valence-electron chi connectivity index (χ1n) is 10.0. The molecular weight excluding hydrogens is 515 g/mol. The minimum Gasteiger partial charge on any atom is -0.114 e. The van der Waals surface area contributed by atoms with Gasteiger partial charge in [0.25, 0.3) is 0 Å². The Hall–Kier alpha value is -1.73. The second kappa shape index (κ2) is 11.0. The van der Waals surface area contributed by atoms with Gasteiger partial charge in [-0.15, -0.1) is 17.0 Å². The Morgan fingerprint density at radius 1 is 0.500 bits per heavy atom. The van der Waals surface area contributed by atoms with Crippen LogP contribution in [0.15, 0.2) is 115 Å². The van der Waals surface area contributed by atoms with Crippen LogP contribution in [0.1, 0.15) is 11.1 Å². The van der Waals surface area contributed by atoms with E-state index in [4.69, 9.17) is 0 Å². The lowest BCUT2D eigenvalue weighted by atomic mass is 10.1. The molecule has 0 aliphatic heterocycles. The van der Waals surface area contributed by atoms with Gasteiger partial charge in [-0.2, -0.15) is 0 Å². The van der Waals surface area contributed by atoms with E-state index in [0.29, 0.717) is 0 Å². The van der Waals surface area contributed by atoms with Crippen LogP contribution in [0.25, 0.3) is 0 Å². The molecule has 0 saturated carbocycles. The molecule has 4 aromatic carbocycles. The number of aryl methyl sites for hydroxylation is 1. The van der Waals surface area contributed by atoms with E-state index >= 15 is 0 Å². The van der Waals surface area contributed by atoms with Crippen molar-refractivity contribution in [1.29, 1.82) is 0 Å². The van der Waals surface area contributed by atoms with Gasteiger partial charge in [0.2, 0.25) is 0 Å². The van der Waals surface area contributed by atoms with Gasteiger partial charge < -0.3 is 0 Å². The van der Waals surface area contributed by atoms with Crippen molar-refractivity contribution in [1.82, 2.24) is 0 Å². The molecule has 0 atom stereocenters. The van der Waals surface area contributed by atoms with Crippen molar-refractivity contribution in [3.63, 3.8) is 0 Å². The first kappa shape index (κ1) is 22.9. The van der Waals surface area contributed by atoms with Gasteiger partial charge in [0.05, 0.1) is 6.16 Å². The van der Waals surface area contributed by atoms with Gasteiger partial charge in [-0.3, -0.25) is 0 Å². The van der Waals surface area contributed by atoms with Crippen LogP contribution in [-0.4, -0.2) is 5.33 Å². The molecule has 0 N–H and O–H groups in total. The highest BCUT2D eigenvalue weighted by Gasteiger charge is 2.45. The second-order valence-corrected chi connectivity index (χ2v) is 11.5. The zero-order valence-electron chi connectivity index (χ0n) is 16.8. The van der Waals surface area contributed by atoms with E-state index in [-0.39, 0.29) is 17.0 Å². The highest BCUT2D eigenvalue weighted by molar-refractivity contribution is 9.09. The lowest BCUT2D eigenvalue weighted by molar-refractivity contribution is 1.12. The smallest absolute Gasteiger partial charge is 0.114 e. The van der Waals surface area contributed by atoms with Crippen LogP contribution in [-0.2, 0) is 12.6 Å². The predicted octanol–water partition coefficient (Wildman–Crippen LogP) is 6.70. The number of alkyl halides is 1. The van der Waals surface area contributed by atoms with Crippen LogP contribution >= 0.6 is 40.2 Å². The topological polar surface area (TPSA) is 0 Å². The van der Waals surface area contributed by atoms with Crippen LogP contribution in [0.5, 0.6) is 0 Å². The fourth-order valence-corrected chi connectivity index (χ4v) is 8.81. The highest BCUT2D eigenvalue weighted by Crippen LogP contribution is 2.58. The normalized spacial score (nSPS) is 11.0. The molecule has 0 saturated heterocycles. The Kier molecular flexibility index (Phi) is 8.45. The molecule has 0 aliphatic rings. The second-order valence-electron chi connectivity index (χ2n) is 7.18. The first-order chi connectivity index (χ1) is 14.3. The van der Waals surface area contributed by atoms with Crippen molar-refractivity contribution >= 4 is 56.1 Å². The Labute approximate surface area is 199 Å². The molecule has 3 heteroatoms. The van der Waals surface area contributed by atoms with Crippen molar-refractivity contribution in [2.45, 2.75) is 12.6 Å². The van der Waals surface area contributed by atoms with Crippen molar-refractivity contribution in [2.75, 3.05) is 5.33 Å². The van der Waals surface area contributed by atoms with E-state index in [9.17, 15) is 0 Å². The number of hydrogen-bond acceptors (Lipinski definition) is 0. The predicted molar refractivity (Wildman–Crippen MR) is 143 cm³/mol. The SMILES string of the molecule is Br.BrCCc1ccccc1C[P+](c1ccccc1)(c1ccccc1)c1ccccc1. The zero-order valence-corrected chi connectivity index (χ0v) is 21.0. The third-order valence-corrected chi connectivity index (χ3v) is 10.2. The summed E-state index contributed by atoms with van der Waals surface area (Å²) in [5, 5.41) is 5.29. The first-order valence-corrected chi connectivity index (χ1v) is 13.1. The lowest BCUT2D eigenvalue weighted by Crippen LogP contribution is -2.32. The minimum atomic E-state index is -1.84. The summed E-state index contributed by atoms with van der Waals surface area (Å²) < 4.78 is 0. The third-order valence-electron chi connectivity index (χ3n) is 5.48. The maximum absolute atomic E-state index is 3.64. The van der Waals surface area contributed by atoms with Gasteiger partial charge in [0.15, 0.2) is 0 Å². The summed E-state index contributed by atoms with van der Waals surface area (Å²) in [6.07, 6.45) is 2.09. The van der Waals surface area contributed by atoms with Crippen LogP contribution in [0.2, 0.25) is 0 Å². The van der Waals surface area contributed by atoms with Gasteiger partial charge in [0, 0.05) is 5.33 Å². The molecule has 0 aliphatic carbocycles. The standard InChI is InChI=1S/C27H25BrP.BrH/c28-21-20-23-12-10-11-13-24(23)22-29(25-14-4-1-5-15-25,26-16-6-2-7-17-26)27-18-8-3-9-19-27;/h1-19H,20-22H2;1H/q+1;.